The molecule has 1 heterocycles. The average molecular weight is 329 g/mol. The maximum Gasteiger partial charge on any atom is 0.104 e. The first-order valence-corrected chi connectivity index (χ1v) is 7.68. The second-order valence-corrected chi connectivity index (χ2v) is 5.38. The van der Waals surface area contributed by atoms with Gasteiger partial charge in [0.2, 0.25) is 0 Å². The minimum atomic E-state index is -2.42. The van der Waals surface area contributed by atoms with Gasteiger partial charge in [0.25, 0.3) is 0 Å². The molecule has 0 aliphatic rings. The van der Waals surface area contributed by atoms with E-state index in [1.54, 1.807) is 18.4 Å². The topological polar surface area (TPSA) is 65.3 Å². The molecule has 4 nitrogen and oxygen atoms in total. The van der Waals surface area contributed by atoms with Crippen molar-refractivity contribution in [3.8, 4) is 0 Å². The van der Waals surface area contributed by atoms with E-state index < -0.39 is 11.3 Å². The van der Waals surface area contributed by atoms with Gasteiger partial charge in [-0.3, -0.25) is 4.21 Å². The van der Waals surface area contributed by atoms with Gasteiger partial charge in [-0.05, 0) is 41.8 Å². The zero-order valence-corrected chi connectivity index (χ0v) is 12.7. The van der Waals surface area contributed by atoms with E-state index in [-0.39, 0.29) is 0 Å². The Morgan fingerprint density at radius 3 is 2.85 bits per heavy atom. The lowest BCUT2D eigenvalue weighted by molar-refractivity contribution is 0.508. The molecule has 0 aliphatic heterocycles. The van der Waals surface area contributed by atoms with Crippen LogP contribution in [0.25, 0.3) is 0 Å². The summed E-state index contributed by atoms with van der Waals surface area (Å²) >= 11 is 8.60. The van der Waals surface area contributed by atoms with Crippen molar-refractivity contribution in [3.63, 3.8) is 0 Å². The van der Waals surface area contributed by atoms with Crippen LogP contribution in [0.15, 0.2) is 34.9 Å². The minimum Gasteiger partial charge on any atom is -0.755 e. The highest BCUT2D eigenvalue weighted by Crippen LogP contribution is 2.27. The van der Waals surface area contributed by atoms with Crippen molar-refractivity contribution >= 4 is 46.1 Å². The first-order valence-electron chi connectivity index (χ1n) is 5.76. The number of furan rings is 1. The van der Waals surface area contributed by atoms with E-state index in [9.17, 15) is 8.76 Å². The summed E-state index contributed by atoms with van der Waals surface area (Å²) in [5.41, 5.74) is 2.03. The molecule has 1 atom stereocenters. The summed E-state index contributed by atoms with van der Waals surface area (Å²) in [5, 5.41) is 1.84. The zero-order valence-electron chi connectivity index (χ0n) is 10.3. The Morgan fingerprint density at radius 1 is 1.45 bits per heavy atom. The summed E-state index contributed by atoms with van der Waals surface area (Å²) in [4.78, 5) is 0. The molecular weight excluding hydrogens is 318 g/mol. The molecule has 1 aromatic heterocycles. The van der Waals surface area contributed by atoms with Crippen molar-refractivity contribution in [2.45, 2.75) is 12.8 Å². The van der Waals surface area contributed by atoms with E-state index in [2.05, 4.69) is 4.72 Å². The normalized spacial score (nSPS) is 12.1. The molecule has 0 radical (unpaired) electrons. The van der Waals surface area contributed by atoms with Crippen LogP contribution in [0.5, 0.6) is 0 Å². The molecule has 1 aromatic carbocycles. The fraction of sp³-hybridized carbons (Fsp3) is 0.154. The molecule has 106 valence electrons. The molecule has 2 rings (SSSR count). The van der Waals surface area contributed by atoms with Crippen LogP contribution >= 0.6 is 23.8 Å². The molecule has 0 spiro atoms. The van der Waals surface area contributed by atoms with E-state index in [1.165, 1.54) is 5.37 Å². The number of benzene rings is 1. The molecule has 0 bridgehead atoms. The number of rotatable bonds is 6. The third-order valence-corrected chi connectivity index (χ3v) is 3.72. The first kappa shape index (κ1) is 15.2. The van der Waals surface area contributed by atoms with E-state index in [4.69, 9.17) is 28.2 Å². The van der Waals surface area contributed by atoms with Crippen molar-refractivity contribution in [1.29, 1.82) is 0 Å². The molecule has 0 saturated carbocycles. The molecule has 0 saturated heterocycles. The van der Waals surface area contributed by atoms with Crippen LogP contribution in [0.2, 0.25) is 5.02 Å². The van der Waals surface area contributed by atoms with Crippen LogP contribution in [0.1, 0.15) is 16.9 Å². The summed E-state index contributed by atoms with van der Waals surface area (Å²) in [5.74, 6) is 0.874. The van der Waals surface area contributed by atoms with Crippen molar-refractivity contribution in [3.05, 3.63) is 52.4 Å². The lowest BCUT2D eigenvalue weighted by Gasteiger charge is -2.13. The molecule has 0 aliphatic carbocycles. The molecule has 0 fully saturated rings. The number of nitrogens with one attached hydrogen (secondary N) is 1. The SMILES string of the molecule is O=S([O-])Nc1cc(C=S)c(CCc2ccco2)cc1Cl. The minimum absolute atomic E-state index is 0.317. The smallest absolute Gasteiger partial charge is 0.104 e. The van der Waals surface area contributed by atoms with Gasteiger partial charge < -0.3 is 13.7 Å². The highest BCUT2D eigenvalue weighted by atomic mass is 35.5. The van der Waals surface area contributed by atoms with Crippen LogP contribution in [-0.4, -0.2) is 14.1 Å². The van der Waals surface area contributed by atoms with Gasteiger partial charge in [-0.2, -0.15) is 0 Å². The monoisotopic (exact) mass is 328 g/mol. The van der Waals surface area contributed by atoms with Crippen molar-refractivity contribution in [1.82, 2.24) is 0 Å². The number of thiocarbonyl (C=S) groups is 1. The van der Waals surface area contributed by atoms with Crippen molar-refractivity contribution in [2.24, 2.45) is 0 Å². The summed E-state index contributed by atoms with van der Waals surface area (Å²) in [6.07, 6.45) is 3.05. The average Bonchev–Trinajstić information content (AvgIpc) is 2.91. The Kier molecular flexibility index (Phi) is 5.31. The third-order valence-electron chi connectivity index (χ3n) is 2.77. The Bertz CT molecular complexity index is 629. The van der Waals surface area contributed by atoms with Gasteiger partial charge in [-0.1, -0.05) is 23.8 Å². The maximum atomic E-state index is 10.7. The van der Waals surface area contributed by atoms with Crippen molar-refractivity contribution < 1.29 is 13.2 Å². The third kappa shape index (κ3) is 3.89. The fourth-order valence-corrected chi connectivity index (χ4v) is 2.70. The van der Waals surface area contributed by atoms with Gasteiger partial charge in [0.05, 0.1) is 17.0 Å². The summed E-state index contributed by atoms with van der Waals surface area (Å²) < 4.78 is 28.9. The van der Waals surface area contributed by atoms with Gasteiger partial charge in [-0.15, -0.1) is 0 Å². The molecule has 1 N–H and O–H groups in total. The highest BCUT2D eigenvalue weighted by Gasteiger charge is 2.08. The lowest BCUT2D eigenvalue weighted by atomic mass is 10.0. The van der Waals surface area contributed by atoms with Crippen LogP contribution in [0.3, 0.4) is 0 Å². The van der Waals surface area contributed by atoms with Gasteiger partial charge in [0.1, 0.15) is 5.76 Å². The highest BCUT2D eigenvalue weighted by molar-refractivity contribution is 7.80. The van der Waals surface area contributed by atoms with E-state index in [0.717, 1.165) is 23.3 Å². The number of aryl methyl sites for hydroxylation is 2. The standard InChI is InChI=1S/C13H12ClNO3S2/c14-12-6-9(3-4-11-2-1-5-18-11)10(8-19)7-13(12)15-20(16)17/h1-2,5-8,15H,3-4H2,(H,16,17)/p-1. The zero-order chi connectivity index (χ0) is 14.5. The van der Waals surface area contributed by atoms with E-state index in [0.29, 0.717) is 17.1 Å². The Morgan fingerprint density at radius 2 is 2.25 bits per heavy atom. The van der Waals surface area contributed by atoms with Crippen LogP contribution in [-0.2, 0) is 24.1 Å². The van der Waals surface area contributed by atoms with Gasteiger partial charge in [0, 0.05) is 23.1 Å². The Balaban J connectivity index is 2.21. The number of hydrogen-bond donors (Lipinski definition) is 1. The molecule has 20 heavy (non-hydrogen) atoms. The van der Waals surface area contributed by atoms with E-state index in [1.807, 2.05) is 12.1 Å². The second kappa shape index (κ2) is 6.99. The number of hydrogen-bond acceptors (Lipinski definition) is 4. The number of anilines is 1. The number of halogens is 1. The fourth-order valence-electron chi connectivity index (χ4n) is 1.84. The summed E-state index contributed by atoms with van der Waals surface area (Å²) in [6.45, 7) is 0. The predicted molar refractivity (Wildman–Crippen MR) is 82.9 cm³/mol. The Labute approximate surface area is 129 Å². The summed E-state index contributed by atoms with van der Waals surface area (Å²) in [6, 6.07) is 7.08. The maximum absolute atomic E-state index is 10.7. The largest absolute Gasteiger partial charge is 0.755 e. The molecule has 0 amide bonds. The second-order valence-electron chi connectivity index (χ2n) is 4.06. The van der Waals surface area contributed by atoms with Crippen LogP contribution in [0.4, 0.5) is 5.69 Å². The molecule has 1 unspecified atom stereocenters. The quantitative estimate of drug-likeness (QED) is 0.653. The lowest BCUT2D eigenvalue weighted by Crippen LogP contribution is -2.05. The molecule has 7 heteroatoms. The molecular formula is C13H11ClNO3S2-. The predicted octanol–water partition coefficient (Wildman–Crippen LogP) is 3.27. The van der Waals surface area contributed by atoms with Crippen molar-refractivity contribution in [2.75, 3.05) is 4.72 Å². The van der Waals surface area contributed by atoms with Gasteiger partial charge in [-0.25, -0.2) is 0 Å². The van der Waals surface area contributed by atoms with E-state index >= 15 is 0 Å². The van der Waals surface area contributed by atoms with Crippen LogP contribution in [0, 0.1) is 0 Å². The first-order chi connectivity index (χ1) is 9.60. The van der Waals surface area contributed by atoms with Crippen LogP contribution < -0.4 is 4.72 Å². The molecule has 2 aromatic rings. The van der Waals surface area contributed by atoms with Gasteiger partial charge >= 0.3 is 0 Å². The summed E-state index contributed by atoms with van der Waals surface area (Å²) in [7, 11) is 0. The van der Waals surface area contributed by atoms with Gasteiger partial charge in [0.15, 0.2) is 0 Å². The Hall–Kier alpha value is -1.21.